The number of aliphatic hydroxyl groups is 1. The number of hydrogen-bond acceptors (Lipinski definition) is 3. The molecule has 6 heteroatoms. The zero-order chi connectivity index (χ0) is 16.9. The zero-order valence-corrected chi connectivity index (χ0v) is 13.7. The Kier molecular flexibility index (Phi) is 5.96. The summed E-state index contributed by atoms with van der Waals surface area (Å²) in [4.78, 5) is 12.1. The molecule has 0 saturated heterocycles. The van der Waals surface area contributed by atoms with Crippen molar-refractivity contribution in [2.24, 2.45) is 5.41 Å². The molecule has 1 saturated carbocycles. The van der Waals surface area contributed by atoms with E-state index in [4.69, 9.17) is 4.74 Å². The summed E-state index contributed by atoms with van der Waals surface area (Å²) >= 11 is 0. The van der Waals surface area contributed by atoms with Crippen molar-refractivity contribution >= 4 is 6.03 Å². The number of methoxy groups -OCH3 is 1. The van der Waals surface area contributed by atoms with Crippen LogP contribution in [-0.2, 0) is 17.9 Å². The van der Waals surface area contributed by atoms with Crippen molar-refractivity contribution in [3.8, 4) is 0 Å². The highest BCUT2D eigenvalue weighted by Gasteiger charge is 2.39. The van der Waals surface area contributed by atoms with Gasteiger partial charge in [0.25, 0.3) is 0 Å². The Morgan fingerprint density at radius 3 is 3.00 bits per heavy atom. The second-order valence-corrected chi connectivity index (χ2v) is 6.44. The SMILES string of the molecule is COCc1cc(CNC(=O)NC2CCCC2(C)CO)ccc1F. The number of aliphatic hydroxyl groups excluding tert-OH is 1. The molecule has 1 aromatic carbocycles. The van der Waals surface area contributed by atoms with Crippen LogP contribution < -0.4 is 10.6 Å². The van der Waals surface area contributed by atoms with Gasteiger partial charge in [-0.15, -0.1) is 0 Å². The molecule has 2 amide bonds. The van der Waals surface area contributed by atoms with E-state index >= 15 is 0 Å². The summed E-state index contributed by atoms with van der Waals surface area (Å²) in [6, 6.07) is 4.41. The largest absolute Gasteiger partial charge is 0.396 e. The van der Waals surface area contributed by atoms with Gasteiger partial charge in [0.15, 0.2) is 0 Å². The maximum atomic E-state index is 13.5. The van der Waals surface area contributed by atoms with E-state index < -0.39 is 0 Å². The van der Waals surface area contributed by atoms with E-state index in [1.807, 2.05) is 6.92 Å². The standard InChI is InChI=1S/C17H25FN2O3/c1-17(11-21)7-3-4-15(17)20-16(22)19-9-12-5-6-14(18)13(8-12)10-23-2/h5-6,8,15,21H,3-4,7,9-11H2,1-2H3,(H2,19,20,22). The Balaban J connectivity index is 1.88. The van der Waals surface area contributed by atoms with Crippen LogP contribution in [0.2, 0.25) is 0 Å². The molecule has 3 N–H and O–H groups in total. The summed E-state index contributed by atoms with van der Waals surface area (Å²) in [5.74, 6) is -0.315. The fourth-order valence-electron chi connectivity index (χ4n) is 3.06. The number of urea groups is 1. The molecule has 1 aromatic rings. The van der Waals surface area contributed by atoms with Crippen LogP contribution in [0.3, 0.4) is 0 Å². The van der Waals surface area contributed by atoms with Crippen LogP contribution in [0.4, 0.5) is 9.18 Å². The number of benzene rings is 1. The number of hydrogen-bond donors (Lipinski definition) is 3. The zero-order valence-electron chi connectivity index (χ0n) is 13.7. The van der Waals surface area contributed by atoms with Crippen LogP contribution >= 0.6 is 0 Å². The maximum Gasteiger partial charge on any atom is 0.315 e. The lowest BCUT2D eigenvalue weighted by Gasteiger charge is -2.30. The Bertz CT molecular complexity index is 553. The van der Waals surface area contributed by atoms with Crippen molar-refractivity contribution in [2.75, 3.05) is 13.7 Å². The van der Waals surface area contributed by atoms with Gasteiger partial charge in [0.05, 0.1) is 13.2 Å². The minimum atomic E-state index is -0.315. The van der Waals surface area contributed by atoms with E-state index in [2.05, 4.69) is 10.6 Å². The van der Waals surface area contributed by atoms with Gasteiger partial charge < -0.3 is 20.5 Å². The number of halogens is 1. The molecular formula is C17H25FN2O3. The van der Waals surface area contributed by atoms with Crippen LogP contribution in [0.5, 0.6) is 0 Å². The predicted molar refractivity (Wildman–Crippen MR) is 85.3 cm³/mol. The number of ether oxygens (including phenoxy) is 1. The van der Waals surface area contributed by atoms with Crippen LogP contribution in [0.15, 0.2) is 18.2 Å². The van der Waals surface area contributed by atoms with E-state index in [0.717, 1.165) is 24.8 Å². The van der Waals surface area contributed by atoms with Gasteiger partial charge >= 0.3 is 6.03 Å². The molecule has 0 spiro atoms. The summed E-state index contributed by atoms with van der Waals surface area (Å²) in [6.07, 6.45) is 2.78. The Labute approximate surface area is 136 Å². The average molecular weight is 324 g/mol. The first-order chi connectivity index (χ1) is 11.0. The molecule has 0 aliphatic heterocycles. The minimum absolute atomic E-state index is 0.0234. The van der Waals surface area contributed by atoms with Gasteiger partial charge in [-0.1, -0.05) is 19.4 Å². The van der Waals surface area contributed by atoms with E-state index in [1.54, 1.807) is 12.1 Å². The Morgan fingerprint density at radius 2 is 2.30 bits per heavy atom. The van der Waals surface area contributed by atoms with Gasteiger partial charge in [0, 0.05) is 30.7 Å². The number of carbonyl (C=O) groups excluding carboxylic acids is 1. The van der Waals surface area contributed by atoms with Gasteiger partial charge in [-0.25, -0.2) is 9.18 Å². The Morgan fingerprint density at radius 1 is 1.52 bits per heavy atom. The summed E-state index contributed by atoms with van der Waals surface area (Å²) in [6.45, 7) is 2.56. The number of nitrogens with one attached hydrogen (secondary N) is 2. The molecule has 1 fully saturated rings. The van der Waals surface area contributed by atoms with Crippen LogP contribution in [0.25, 0.3) is 0 Å². The van der Waals surface area contributed by atoms with Crippen LogP contribution in [-0.4, -0.2) is 30.9 Å². The molecule has 0 aromatic heterocycles. The molecular weight excluding hydrogens is 299 g/mol. The maximum absolute atomic E-state index is 13.5. The summed E-state index contributed by atoms with van der Waals surface area (Å²) in [5.41, 5.74) is 1.03. The monoisotopic (exact) mass is 324 g/mol. The molecule has 2 rings (SSSR count). The van der Waals surface area contributed by atoms with Crippen molar-refractivity contribution in [2.45, 2.75) is 45.4 Å². The lowest BCUT2D eigenvalue weighted by atomic mass is 9.86. The molecule has 0 radical (unpaired) electrons. The first kappa shape index (κ1) is 17.7. The lowest BCUT2D eigenvalue weighted by molar-refractivity contribution is 0.121. The molecule has 1 aliphatic carbocycles. The Hall–Kier alpha value is -1.66. The second kappa shape index (κ2) is 7.75. The van der Waals surface area contributed by atoms with Crippen molar-refractivity contribution in [3.05, 3.63) is 35.1 Å². The molecule has 2 atom stereocenters. The van der Waals surface area contributed by atoms with Crippen molar-refractivity contribution in [1.82, 2.24) is 10.6 Å². The highest BCUT2D eigenvalue weighted by Crippen LogP contribution is 2.37. The van der Waals surface area contributed by atoms with Crippen LogP contribution in [0, 0.1) is 11.2 Å². The number of carbonyl (C=O) groups is 1. The molecule has 5 nitrogen and oxygen atoms in total. The van der Waals surface area contributed by atoms with Gasteiger partial charge in [0.2, 0.25) is 0 Å². The minimum Gasteiger partial charge on any atom is -0.396 e. The molecule has 0 heterocycles. The second-order valence-electron chi connectivity index (χ2n) is 6.44. The molecule has 0 bridgehead atoms. The smallest absolute Gasteiger partial charge is 0.315 e. The quantitative estimate of drug-likeness (QED) is 0.752. The van der Waals surface area contributed by atoms with Gasteiger partial charge in [-0.05, 0) is 30.5 Å². The average Bonchev–Trinajstić information content (AvgIpc) is 2.90. The predicted octanol–water partition coefficient (Wildman–Crippen LogP) is 2.32. The highest BCUT2D eigenvalue weighted by molar-refractivity contribution is 5.74. The molecule has 2 unspecified atom stereocenters. The third kappa shape index (κ3) is 4.42. The van der Waals surface area contributed by atoms with Crippen molar-refractivity contribution in [3.63, 3.8) is 0 Å². The summed E-state index contributed by atoms with van der Waals surface area (Å²) < 4.78 is 18.5. The number of rotatable bonds is 6. The van der Waals surface area contributed by atoms with Crippen molar-refractivity contribution < 1.29 is 19.0 Å². The molecule has 128 valence electrons. The fraction of sp³-hybridized carbons (Fsp3) is 0.588. The first-order valence-electron chi connectivity index (χ1n) is 7.90. The fourth-order valence-corrected chi connectivity index (χ4v) is 3.06. The lowest BCUT2D eigenvalue weighted by Crippen LogP contribution is -2.48. The normalized spacial score (nSPS) is 23.7. The summed E-state index contributed by atoms with van der Waals surface area (Å²) in [7, 11) is 1.51. The van der Waals surface area contributed by atoms with E-state index in [-0.39, 0.29) is 36.5 Å². The van der Waals surface area contributed by atoms with Gasteiger partial charge in [-0.2, -0.15) is 0 Å². The van der Waals surface area contributed by atoms with Crippen LogP contribution in [0.1, 0.15) is 37.3 Å². The van der Waals surface area contributed by atoms with E-state index in [0.29, 0.717) is 12.1 Å². The van der Waals surface area contributed by atoms with Crippen molar-refractivity contribution in [1.29, 1.82) is 0 Å². The third-order valence-corrected chi connectivity index (χ3v) is 4.61. The highest BCUT2D eigenvalue weighted by atomic mass is 19.1. The summed E-state index contributed by atoms with van der Waals surface area (Å²) in [5, 5.41) is 15.2. The first-order valence-corrected chi connectivity index (χ1v) is 7.90. The van der Waals surface area contributed by atoms with E-state index in [1.165, 1.54) is 13.2 Å². The van der Waals surface area contributed by atoms with E-state index in [9.17, 15) is 14.3 Å². The van der Waals surface area contributed by atoms with Gasteiger partial charge in [-0.3, -0.25) is 0 Å². The molecule has 23 heavy (non-hydrogen) atoms. The third-order valence-electron chi connectivity index (χ3n) is 4.61. The topological polar surface area (TPSA) is 70.6 Å². The molecule has 1 aliphatic rings. The van der Waals surface area contributed by atoms with Gasteiger partial charge in [0.1, 0.15) is 5.82 Å². The number of amides is 2.